The van der Waals surface area contributed by atoms with Gasteiger partial charge in [-0.25, -0.2) is 0 Å². The molecule has 180 valence electrons. The maximum atomic E-state index is 12.7. The van der Waals surface area contributed by atoms with Crippen LogP contribution in [0.25, 0.3) is 0 Å². The molecule has 0 aliphatic heterocycles. The minimum atomic E-state index is -0.00113. The van der Waals surface area contributed by atoms with Crippen LogP contribution in [0.4, 0.5) is 0 Å². The standard InChI is InChI=1S/C30H48O2/c1-3-5-7-9-11-25-14-22-29(23-15-25)32-30(31)28-20-18-27(19-21-28)26-16-12-24(13-17-26)10-8-6-4-2/h14-15,22-24,26-28H,3-13,16-21H2,1-2H3. The molecule has 0 unspecified atom stereocenters. The highest BCUT2D eigenvalue weighted by molar-refractivity contribution is 5.75. The van der Waals surface area contributed by atoms with Crippen molar-refractivity contribution in [1.82, 2.24) is 0 Å². The molecule has 0 N–H and O–H groups in total. The Morgan fingerprint density at radius 1 is 0.750 bits per heavy atom. The van der Waals surface area contributed by atoms with Crippen molar-refractivity contribution in [1.29, 1.82) is 0 Å². The van der Waals surface area contributed by atoms with Crippen molar-refractivity contribution in [2.24, 2.45) is 23.7 Å². The summed E-state index contributed by atoms with van der Waals surface area (Å²) in [6, 6.07) is 8.23. The molecule has 3 rings (SSSR count). The van der Waals surface area contributed by atoms with Crippen molar-refractivity contribution in [3.8, 4) is 5.75 Å². The largest absolute Gasteiger partial charge is 0.426 e. The Kier molecular flexibility index (Phi) is 11.1. The zero-order chi connectivity index (χ0) is 22.6. The van der Waals surface area contributed by atoms with Crippen molar-refractivity contribution < 1.29 is 9.53 Å². The Morgan fingerprint density at radius 3 is 1.97 bits per heavy atom. The summed E-state index contributed by atoms with van der Waals surface area (Å²) in [4.78, 5) is 12.7. The van der Waals surface area contributed by atoms with Gasteiger partial charge in [0.2, 0.25) is 0 Å². The molecular formula is C30H48O2. The molecule has 0 saturated heterocycles. The van der Waals surface area contributed by atoms with Crippen LogP contribution in [-0.2, 0) is 11.2 Å². The third kappa shape index (κ3) is 8.23. The number of rotatable bonds is 12. The van der Waals surface area contributed by atoms with Crippen LogP contribution in [0.15, 0.2) is 24.3 Å². The fourth-order valence-corrected chi connectivity index (χ4v) is 6.14. The van der Waals surface area contributed by atoms with E-state index in [-0.39, 0.29) is 11.9 Å². The number of carbonyl (C=O) groups is 1. The Bertz CT molecular complexity index is 633. The monoisotopic (exact) mass is 440 g/mol. The molecule has 2 saturated carbocycles. The van der Waals surface area contributed by atoms with Crippen molar-refractivity contribution >= 4 is 5.97 Å². The number of hydrogen-bond donors (Lipinski definition) is 0. The Labute approximate surface area is 197 Å². The average molecular weight is 441 g/mol. The summed E-state index contributed by atoms with van der Waals surface area (Å²) in [6.45, 7) is 4.55. The second-order valence-electron chi connectivity index (χ2n) is 10.8. The molecule has 2 aliphatic carbocycles. The van der Waals surface area contributed by atoms with Gasteiger partial charge in [-0.2, -0.15) is 0 Å². The van der Waals surface area contributed by atoms with Gasteiger partial charge in [0.25, 0.3) is 0 Å². The van der Waals surface area contributed by atoms with Crippen LogP contribution in [0.3, 0.4) is 0 Å². The fourth-order valence-electron chi connectivity index (χ4n) is 6.14. The zero-order valence-corrected chi connectivity index (χ0v) is 21.0. The quantitative estimate of drug-likeness (QED) is 0.184. The van der Waals surface area contributed by atoms with Crippen LogP contribution < -0.4 is 4.74 Å². The van der Waals surface area contributed by atoms with E-state index in [1.54, 1.807) is 0 Å². The molecule has 0 radical (unpaired) electrons. The van der Waals surface area contributed by atoms with Crippen molar-refractivity contribution in [2.75, 3.05) is 0 Å². The predicted molar refractivity (Wildman–Crippen MR) is 135 cm³/mol. The molecule has 0 bridgehead atoms. The summed E-state index contributed by atoms with van der Waals surface area (Å²) in [5, 5.41) is 0. The maximum Gasteiger partial charge on any atom is 0.314 e. The molecule has 0 spiro atoms. The lowest BCUT2D eigenvalue weighted by Gasteiger charge is -2.37. The number of benzene rings is 1. The lowest BCUT2D eigenvalue weighted by atomic mass is 9.68. The van der Waals surface area contributed by atoms with Gasteiger partial charge in [0.15, 0.2) is 0 Å². The van der Waals surface area contributed by atoms with E-state index in [2.05, 4.69) is 26.0 Å². The predicted octanol–water partition coefficient (Wildman–Crippen LogP) is 8.91. The van der Waals surface area contributed by atoms with E-state index in [1.807, 2.05) is 12.1 Å². The van der Waals surface area contributed by atoms with E-state index in [1.165, 1.54) is 95.5 Å². The topological polar surface area (TPSA) is 26.3 Å². The van der Waals surface area contributed by atoms with Gasteiger partial charge in [-0.05, 0) is 86.8 Å². The number of hydrogen-bond acceptors (Lipinski definition) is 2. The van der Waals surface area contributed by atoms with Crippen LogP contribution in [0.2, 0.25) is 0 Å². The van der Waals surface area contributed by atoms with Crippen LogP contribution in [0, 0.1) is 23.7 Å². The molecule has 0 aromatic heterocycles. The van der Waals surface area contributed by atoms with Crippen molar-refractivity contribution in [3.63, 3.8) is 0 Å². The first-order valence-corrected chi connectivity index (χ1v) is 14.0. The van der Waals surface area contributed by atoms with Gasteiger partial charge in [0.05, 0.1) is 5.92 Å². The first-order valence-electron chi connectivity index (χ1n) is 14.0. The molecular weight excluding hydrogens is 392 g/mol. The minimum Gasteiger partial charge on any atom is -0.426 e. The molecule has 1 aromatic rings. The second kappa shape index (κ2) is 14.1. The summed E-state index contributed by atoms with van der Waals surface area (Å²) in [5.41, 5.74) is 1.35. The number of ether oxygens (including phenoxy) is 1. The number of aryl methyl sites for hydroxylation is 1. The maximum absolute atomic E-state index is 12.7. The molecule has 2 aliphatic rings. The molecule has 2 heteroatoms. The van der Waals surface area contributed by atoms with Crippen molar-refractivity contribution in [3.05, 3.63) is 29.8 Å². The Balaban J connectivity index is 1.34. The molecule has 0 amide bonds. The first-order chi connectivity index (χ1) is 15.7. The molecule has 0 atom stereocenters. The minimum absolute atomic E-state index is 0.00113. The zero-order valence-electron chi connectivity index (χ0n) is 21.0. The van der Waals surface area contributed by atoms with Gasteiger partial charge >= 0.3 is 5.97 Å². The third-order valence-corrected chi connectivity index (χ3v) is 8.34. The molecule has 2 fully saturated rings. The lowest BCUT2D eigenvalue weighted by Crippen LogP contribution is -2.30. The second-order valence-corrected chi connectivity index (χ2v) is 10.8. The molecule has 1 aromatic carbocycles. The lowest BCUT2D eigenvalue weighted by molar-refractivity contribution is -0.140. The van der Waals surface area contributed by atoms with Gasteiger partial charge in [-0.15, -0.1) is 0 Å². The summed E-state index contributed by atoms with van der Waals surface area (Å²) in [5.74, 6) is 3.58. The van der Waals surface area contributed by atoms with Gasteiger partial charge in [-0.3, -0.25) is 4.79 Å². The number of esters is 1. The average Bonchev–Trinajstić information content (AvgIpc) is 2.83. The van der Waals surface area contributed by atoms with Crippen molar-refractivity contribution in [2.45, 2.75) is 123 Å². The molecule has 0 heterocycles. The van der Waals surface area contributed by atoms with Crippen LogP contribution in [-0.4, -0.2) is 5.97 Å². The summed E-state index contributed by atoms with van der Waals surface area (Å²) in [6.07, 6.45) is 22.2. The molecule has 2 nitrogen and oxygen atoms in total. The summed E-state index contributed by atoms with van der Waals surface area (Å²) in [7, 11) is 0. The summed E-state index contributed by atoms with van der Waals surface area (Å²) >= 11 is 0. The highest BCUT2D eigenvalue weighted by Crippen LogP contribution is 2.42. The SMILES string of the molecule is CCCCCCc1ccc(OC(=O)C2CCC(C3CCC(CCCCC)CC3)CC2)cc1. The Morgan fingerprint density at radius 2 is 1.34 bits per heavy atom. The van der Waals surface area contributed by atoms with Gasteiger partial charge in [0, 0.05) is 0 Å². The van der Waals surface area contributed by atoms with Crippen LogP contribution in [0.5, 0.6) is 5.75 Å². The summed E-state index contributed by atoms with van der Waals surface area (Å²) < 4.78 is 5.75. The fraction of sp³-hybridized carbons (Fsp3) is 0.767. The smallest absolute Gasteiger partial charge is 0.314 e. The number of unbranched alkanes of at least 4 members (excludes halogenated alkanes) is 5. The highest BCUT2D eigenvalue weighted by atomic mass is 16.5. The van der Waals surface area contributed by atoms with E-state index in [9.17, 15) is 4.79 Å². The van der Waals surface area contributed by atoms with Crippen LogP contribution in [0.1, 0.15) is 122 Å². The van der Waals surface area contributed by atoms with Gasteiger partial charge < -0.3 is 4.74 Å². The van der Waals surface area contributed by atoms with E-state index >= 15 is 0 Å². The van der Waals surface area contributed by atoms with E-state index < -0.39 is 0 Å². The normalized spacial score (nSPS) is 26.1. The van der Waals surface area contributed by atoms with Gasteiger partial charge in [-0.1, -0.05) is 83.8 Å². The Hall–Kier alpha value is -1.31. The molecule has 32 heavy (non-hydrogen) atoms. The van der Waals surface area contributed by atoms with Crippen LogP contribution >= 0.6 is 0 Å². The van der Waals surface area contributed by atoms with Gasteiger partial charge in [0.1, 0.15) is 5.75 Å². The highest BCUT2D eigenvalue weighted by Gasteiger charge is 2.33. The van der Waals surface area contributed by atoms with E-state index in [4.69, 9.17) is 4.74 Å². The van der Waals surface area contributed by atoms with E-state index in [0.717, 1.165) is 42.8 Å². The number of carbonyl (C=O) groups excluding carboxylic acids is 1. The first kappa shape index (κ1) is 25.3. The van der Waals surface area contributed by atoms with E-state index in [0.29, 0.717) is 0 Å². The third-order valence-electron chi connectivity index (χ3n) is 8.34.